The number of aromatic nitrogens is 4. The van der Waals surface area contributed by atoms with Gasteiger partial charge in [0.15, 0.2) is 0 Å². The van der Waals surface area contributed by atoms with Gasteiger partial charge in [-0.3, -0.25) is 9.36 Å². The Morgan fingerprint density at radius 1 is 1.11 bits per heavy atom. The first kappa shape index (κ1) is 12.6. The minimum Gasteiger partial charge on any atom is -0.308 e. The average molecular weight is 248 g/mol. The lowest BCUT2D eigenvalue weighted by Gasteiger charge is -2.07. The number of nitrogens with two attached hydrogens (primary N) is 1. The molecule has 2 rings (SSSR count). The molecule has 0 fully saturated rings. The number of hydrogen-bond donors (Lipinski definition) is 2. The van der Waals surface area contributed by atoms with E-state index >= 15 is 0 Å². The maximum absolute atomic E-state index is 5.55. The molecule has 0 saturated carbocycles. The summed E-state index contributed by atoms with van der Waals surface area (Å²) in [5.41, 5.74) is 8.23. The van der Waals surface area contributed by atoms with E-state index in [4.69, 9.17) is 5.84 Å². The van der Waals surface area contributed by atoms with Crippen LogP contribution in [0.15, 0.2) is 0 Å². The first-order valence-corrected chi connectivity index (χ1v) is 5.95. The predicted molar refractivity (Wildman–Crippen MR) is 71.3 cm³/mol. The van der Waals surface area contributed by atoms with E-state index in [9.17, 15) is 0 Å². The van der Waals surface area contributed by atoms with Crippen LogP contribution < -0.4 is 11.3 Å². The van der Waals surface area contributed by atoms with Gasteiger partial charge in [0.05, 0.1) is 17.9 Å². The van der Waals surface area contributed by atoms with Crippen molar-refractivity contribution in [1.82, 2.24) is 19.6 Å². The summed E-state index contributed by atoms with van der Waals surface area (Å²) in [6.07, 6.45) is 0. The maximum atomic E-state index is 5.55. The standard InChI is InChI=1S/C12H20N6/c1-7-8(2)16-18(10(7)4)6-11-9(3)15-17(5)12(11)14-13/h14H,6,13H2,1-5H3. The topological polar surface area (TPSA) is 73.7 Å². The summed E-state index contributed by atoms with van der Waals surface area (Å²) in [4.78, 5) is 0. The van der Waals surface area contributed by atoms with Gasteiger partial charge in [0.2, 0.25) is 0 Å². The van der Waals surface area contributed by atoms with Gasteiger partial charge in [-0.15, -0.1) is 0 Å². The lowest BCUT2D eigenvalue weighted by atomic mass is 10.2. The van der Waals surface area contributed by atoms with Gasteiger partial charge in [0, 0.05) is 18.3 Å². The van der Waals surface area contributed by atoms with E-state index in [1.165, 1.54) is 11.3 Å². The van der Waals surface area contributed by atoms with Crippen LogP contribution in [-0.2, 0) is 13.6 Å². The van der Waals surface area contributed by atoms with Crippen molar-refractivity contribution in [2.24, 2.45) is 12.9 Å². The summed E-state index contributed by atoms with van der Waals surface area (Å²) in [6, 6.07) is 0. The molecule has 0 aliphatic heterocycles. The highest BCUT2D eigenvalue weighted by molar-refractivity contribution is 5.46. The molecule has 18 heavy (non-hydrogen) atoms. The molecule has 0 bridgehead atoms. The number of nitrogens with one attached hydrogen (secondary N) is 1. The van der Waals surface area contributed by atoms with Crippen molar-refractivity contribution in [3.63, 3.8) is 0 Å². The number of hydrazine groups is 1. The van der Waals surface area contributed by atoms with Crippen LogP contribution in [0.5, 0.6) is 0 Å². The molecule has 2 heterocycles. The SMILES string of the molecule is Cc1nn(Cc2c(C)nn(C)c2NN)c(C)c1C. The van der Waals surface area contributed by atoms with Crippen LogP contribution in [-0.4, -0.2) is 19.6 Å². The van der Waals surface area contributed by atoms with Crippen LogP contribution in [0.1, 0.15) is 28.2 Å². The molecule has 0 aliphatic carbocycles. The third kappa shape index (κ3) is 1.88. The highest BCUT2D eigenvalue weighted by Gasteiger charge is 2.15. The van der Waals surface area contributed by atoms with Crippen LogP contribution in [0.2, 0.25) is 0 Å². The molecule has 98 valence electrons. The summed E-state index contributed by atoms with van der Waals surface area (Å²) in [7, 11) is 1.87. The molecule has 0 aliphatic rings. The van der Waals surface area contributed by atoms with Gasteiger partial charge in [-0.25, -0.2) is 5.84 Å². The van der Waals surface area contributed by atoms with Crippen LogP contribution in [0.4, 0.5) is 5.82 Å². The molecule has 0 amide bonds. The monoisotopic (exact) mass is 248 g/mol. The number of nitrogens with zero attached hydrogens (tertiary/aromatic N) is 4. The molecule has 3 N–H and O–H groups in total. The normalized spacial score (nSPS) is 11.0. The molecule has 0 saturated heterocycles. The molecule has 0 radical (unpaired) electrons. The highest BCUT2D eigenvalue weighted by Crippen LogP contribution is 2.20. The Balaban J connectivity index is 2.42. The molecule has 0 atom stereocenters. The fraction of sp³-hybridized carbons (Fsp3) is 0.500. The Kier molecular flexibility index (Phi) is 3.13. The predicted octanol–water partition coefficient (Wildman–Crippen LogP) is 1.18. The lowest BCUT2D eigenvalue weighted by Crippen LogP contribution is -2.14. The second-order valence-electron chi connectivity index (χ2n) is 4.63. The zero-order chi connectivity index (χ0) is 13.4. The fourth-order valence-electron chi connectivity index (χ4n) is 2.16. The Labute approximate surface area is 107 Å². The van der Waals surface area contributed by atoms with Gasteiger partial charge in [0.25, 0.3) is 0 Å². The van der Waals surface area contributed by atoms with E-state index in [0.29, 0.717) is 6.54 Å². The Morgan fingerprint density at radius 3 is 2.28 bits per heavy atom. The van der Waals surface area contributed by atoms with E-state index in [1.807, 2.05) is 25.6 Å². The number of nitrogen functional groups attached to an aromatic ring is 1. The largest absolute Gasteiger partial charge is 0.308 e. The van der Waals surface area contributed by atoms with Crippen LogP contribution in [0.3, 0.4) is 0 Å². The van der Waals surface area contributed by atoms with E-state index in [2.05, 4.69) is 29.5 Å². The van der Waals surface area contributed by atoms with Gasteiger partial charge in [-0.2, -0.15) is 10.2 Å². The van der Waals surface area contributed by atoms with Crippen LogP contribution >= 0.6 is 0 Å². The maximum Gasteiger partial charge on any atom is 0.143 e. The second kappa shape index (κ2) is 4.45. The number of hydrogen-bond acceptors (Lipinski definition) is 4. The zero-order valence-corrected chi connectivity index (χ0v) is 11.6. The quantitative estimate of drug-likeness (QED) is 0.632. The third-order valence-electron chi connectivity index (χ3n) is 3.53. The Bertz CT molecular complexity index is 578. The molecule has 0 spiro atoms. The average Bonchev–Trinajstić information content (AvgIpc) is 2.72. The molecular formula is C12H20N6. The molecule has 6 heteroatoms. The molecule has 2 aromatic heterocycles. The van der Waals surface area contributed by atoms with Gasteiger partial charge >= 0.3 is 0 Å². The fourth-order valence-corrected chi connectivity index (χ4v) is 2.16. The first-order valence-electron chi connectivity index (χ1n) is 5.95. The summed E-state index contributed by atoms with van der Waals surface area (Å²) >= 11 is 0. The minimum absolute atomic E-state index is 0.680. The third-order valence-corrected chi connectivity index (χ3v) is 3.53. The van der Waals surface area contributed by atoms with Crippen molar-refractivity contribution in [3.8, 4) is 0 Å². The highest BCUT2D eigenvalue weighted by atomic mass is 15.4. The number of rotatable bonds is 3. The van der Waals surface area contributed by atoms with Crippen molar-refractivity contribution in [2.75, 3.05) is 5.43 Å². The zero-order valence-electron chi connectivity index (χ0n) is 11.6. The molecule has 0 aromatic carbocycles. The molecule has 0 unspecified atom stereocenters. The number of anilines is 1. The van der Waals surface area contributed by atoms with E-state index in [-0.39, 0.29) is 0 Å². The first-order chi connectivity index (χ1) is 8.45. The van der Waals surface area contributed by atoms with Crippen molar-refractivity contribution in [3.05, 3.63) is 28.2 Å². The van der Waals surface area contributed by atoms with Crippen molar-refractivity contribution < 1.29 is 0 Å². The Hall–Kier alpha value is -1.82. The molecule has 2 aromatic rings. The van der Waals surface area contributed by atoms with Gasteiger partial charge in [-0.1, -0.05) is 0 Å². The van der Waals surface area contributed by atoms with Gasteiger partial charge in [0.1, 0.15) is 5.82 Å². The van der Waals surface area contributed by atoms with Crippen LogP contribution in [0, 0.1) is 27.7 Å². The van der Waals surface area contributed by atoms with Crippen molar-refractivity contribution in [1.29, 1.82) is 0 Å². The lowest BCUT2D eigenvalue weighted by molar-refractivity contribution is 0.656. The summed E-state index contributed by atoms with van der Waals surface area (Å²) in [6.45, 7) is 8.86. The second-order valence-corrected chi connectivity index (χ2v) is 4.63. The number of aryl methyl sites for hydroxylation is 3. The minimum atomic E-state index is 0.680. The van der Waals surface area contributed by atoms with Crippen LogP contribution in [0.25, 0.3) is 0 Å². The summed E-state index contributed by atoms with van der Waals surface area (Å²) < 4.78 is 3.75. The van der Waals surface area contributed by atoms with Gasteiger partial charge in [-0.05, 0) is 33.3 Å². The van der Waals surface area contributed by atoms with Crippen molar-refractivity contribution in [2.45, 2.75) is 34.2 Å². The van der Waals surface area contributed by atoms with Gasteiger partial charge < -0.3 is 5.43 Å². The summed E-state index contributed by atoms with van der Waals surface area (Å²) in [5, 5.41) is 8.91. The summed E-state index contributed by atoms with van der Waals surface area (Å²) in [5.74, 6) is 6.38. The molecular weight excluding hydrogens is 228 g/mol. The molecule has 6 nitrogen and oxygen atoms in total. The van der Waals surface area contributed by atoms with E-state index < -0.39 is 0 Å². The van der Waals surface area contributed by atoms with E-state index in [0.717, 1.165) is 22.8 Å². The van der Waals surface area contributed by atoms with E-state index in [1.54, 1.807) is 4.68 Å². The Morgan fingerprint density at radius 2 is 1.78 bits per heavy atom. The van der Waals surface area contributed by atoms with Crippen molar-refractivity contribution >= 4 is 5.82 Å². The smallest absolute Gasteiger partial charge is 0.143 e.